The maximum Gasteiger partial charge on any atom is 0.574 e. The van der Waals surface area contributed by atoms with Crippen LogP contribution in [0.3, 0.4) is 0 Å². The van der Waals surface area contributed by atoms with Crippen LogP contribution < -0.4 is 9.47 Å². The number of aliphatic hydroxyl groups is 2. The Labute approximate surface area is 185 Å². The van der Waals surface area contributed by atoms with E-state index in [4.69, 9.17) is 10.00 Å². The van der Waals surface area contributed by atoms with Crippen LogP contribution in [0.2, 0.25) is 0 Å². The fourth-order valence-corrected chi connectivity index (χ4v) is 4.70. The molecule has 2 atom stereocenters. The van der Waals surface area contributed by atoms with Gasteiger partial charge in [-0.1, -0.05) is 6.07 Å². The summed E-state index contributed by atoms with van der Waals surface area (Å²) in [5.41, 5.74) is -2.16. The van der Waals surface area contributed by atoms with Crippen LogP contribution in [0.25, 0.3) is 0 Å². The third-order valence-corrected chi connectivity index (χ3v) is 6.66. The Morgan fingerprint density at radius 3 is 2.64 bits per heavy atom. The molecule has 1 saturated heterocycles. The smallest absolute Gasteiger partial charge is 0.493 e. The van der Waals surface area contributed by atoms with Crippen molar-refractivity contribution >= 4 is 10.0 Å². The van der Waals surface area contributed by atoms with Crippen molar-refractivity contribution in [1.82, 2.24) is 9.29 Å². The molecule has 2 heterocycles. The molecule has 2 N–H and O–H groups in total. The Bertz CT molecular complexity index is 1170. The SMILES string of the molecule is N#Cc1ccc(OC[C@H]2CN(S(=O)(=O)c3cccc(OC(F)(F)F)n3)C[C@@]2(O)CO)cc1F. The lowest BCUT2D eigenvalue weighted by atomic mass is 9.92. The molecule has 1 fully saturated rings. The van der Waals surface area contributed by atoms with E-state index in [2.05, 4.69) is 9.72 Å². The first-order valence-corrected chi connectivity index (χ1v) is 10.7. The Balaban J connectivity index is 1.78. The maximum absolute atomic E-state index is 13.7. The number of nitriles is 1. The highest BCUT2D eigenvalue weighted by atomic mass is 32.2. The number of nitrogens with zero attached hydrogens (tertiary/aromatic N) is 3. The van der Waals surface area contributed by atoms with E-state index in [9.17, 15) is 36.2 Å². The standard InChI is InChI=1S/C19H17F4N3O6S/c20-15-6-14(5-4-12(15)7-24)31-9-13-8-26(10-18(13,28)11-27)33(29,30)17-3-1-2-16(25-17)32-19(21,22)23/h1-6,13,27-28H,8-11H2/t13-,18-/m1/s1. The van der Waals surface area contributed by atoms with Crippen LogP contribution in [0, 0.1) is 23.1 Å². The highest BCUT2D eigenvalue weighted by Gasteiger charge is 2.49. The lowest BCUT2D eigenvalue weighted by Crippen LogP contribution is -2.44. The number of sulfonamides is 1. The number of aromatic nitrogens is 1. The van der Waals surface area contributed by atoms with Gasteiger partial charge in [0, 0.05) is 31.1 Å². The van der Waals surface area contributed by atoms with E-state index in [-0.39, 0.29) is 24.5 Å². The summed E-state index contributed by atoms with van der Waals surface area (Å²) in [4.78, 5) is 3.38. The zero-order chi connectivity index (χ0) is 24.4. The molecule has 2 aromatic rings. The molecule has 0 unspecified atom stereocenters. The molecule has 0 aliphatic carbocycles. The number of aliphatic hydroxyl groups excluding tert-OH is 1. The molecule has 0 spiro atoms. The van der Waals surface area contributed by atoms with Crippen LogP contribution in [0.5, 0.6) is 11.6 Å². The molecular formula is C19H17F4N3O6S. The molecule has 0 radical (unpaired) electrons. The van der Waals surface area contributed by atoms with Crippen LogP contribution in [-0.4, -0.2) is 66.2 Å². The van der Waals surface area contributed by atoms with Crippen molar-refractivity contribution in [2.24, 2.45) is 5.92 Å². The third kappa shape index (κ3) is 5.50. The van der Waals surface area contributed by atoms with Gasteiger partial charge in [0.15, 0.2) is 5.03 Å². The Kier molecular flexibility index (Phi) is 6.80. The Morgan fingerprint density at radius 1 is 1.30 bits per heavy atom. The zero-order valence-electron chi connectivity index (χ0n) is 16.7. The summed E-state index contributed by atoms with van der Waals surface area (Å²) in [6.07, 6.45) is -5.08. The summed E-state index contributed by atoms with van der Waals surface area (Å²) >= 11 is 0. The van der Waals surface area contributed by atoms with E-state index < -0.39 is 57.8 Å². The maximum atomic E-state index is 13.7. The number of alkyl halides is 3. The van der Waals surface area contributed by atoms with E-state index in [1.165, 1.54) is 12.1 Å². The average Bonchev–Trinajstić information content (AvgIpc) is 3.09. The number of pyridine rings is 1. The summed E-state index contributed by atoms with van der Waals surface area (Å²) in [6.45, 7) is -2.14. The van der Waals surface area contributed by atoms with Crippen LogP contribution in [-0.2, 0) is 10.0 Å². The lowest BCUT2D eigenvalue weighted by molar-refractivity contribution is -0.276. The highest BCUT2D eigenvalue weighted by molar-refractivity contribution is 7.89. The van der Waals surface area contributed by atoms with Crippen LogP contribution in [0.1, 0.15) is 5.56 Å². The van der Waals surface area contributed by atoms with Crippen LogP contribution in [0.15, 0.2) is 41.4 Å². The molecular weight excluding hydrogens is 474 g/mol. The van der Waals surface area contributed by atoms with E-state index >= 15 is 0 Å². The minimum absolute atomic E-state index is 0.00626. The lowest BCUT2D eigenvalue weighted by Gasteiger charge is -2.26. The Hall–Kier alpha value is -2.99. The molecule has 3 rings (SSSR count). The number of rotatable bonds is 7. The predicted molar refractivity (Wildman–Crippen MR) is 102 cm³/mol. The van der Waals surface area contributed by atoms with Gasteiger partial charge in [0.1, 0.15) is 23.2 Å². The van der Waals surface area contributed by atoms with Crippen molar-refractivity contribution in [3.63, 3.8) is 0 Å². The summed E-state index contributed by atoms with van der Waals surface area (Å²) in [5.74, 6) is -2.80. The van der Waals surface area contributed by atoms with Gasteiger partial charge in [-0.2, -0.15) is 9.57 Å². The molecule has 9 nitrogen and oxygen atoms in total. The first-order valence-electron chi connectivity index (χ1n) is 9.26. The van der Waals surface area contributed by atoms with Crippen molar-refractivity contribution in [2.45, 2.75) is 17.0 Å². The van der Waals surface area contributed by atoms with E-state index in [0.29, 0.717) is 0 Å². The molecule has 1 aliphatic heterocycles. The molecule has 14 heteroatoms. The van der Waals surface area contributed by atoms with Gasteiger partial charge in [0.05, 0.1) is 18.8 Å². The number of β-amino-alcohol motifs (C(OH)–C–C–N with tert-alkyl or cyclic N) is 1. The fourth-order valence-electron chi connectivity index (χ4n) is 3.21. The summed E-state index contributed by atoms with van der Waals surface area (Å²) < 4.78 is 86.6. The van der Waals surface area contributed by atoms with E-state index in [1.54, 1.807) is 6.07 Å². The number of hydrogen-bond acceptors (Lipinski definition) is 8. The minimum atomic E-state index is -5.08. The van der Waals surface area contributed by atoms with Crippen molar-refractivity contribution in [2.75, 3.05) is 26.3 Å². The number of hydrogen-bond donors (Lipinski definition) is 2. The van der Waals surface area contributed by atoms with Gasteiger partial charge in [-0.25, -0.2) is 17.8 Å². The van der Waals surface area contributed by atoms with Gasteiger partial charge < -0.3 is 19.7 Å². The van der Waals surface area contributed by atoms with Crippen molar-refractivity contribution in [3.05, 3.63) is 47.8 Å². The molecule has 1 aromatic heterocycles. The van der Waals surface area contributed by atoms with Crippen molar-refractivity contribution in [1.29, 1.82) is 5.26 Å². The summed E-state index contributed by atoms with van der Waals surface area (Å²) in [7, 11) is -4.48. The second-order valence-electron chi connectivity index (χ2n) is 7.18. The molecule has 1 aliphatic rings. The van der Waals surface area contributed by atoms with Crippen molar-refractivity contribution in [3.8, 4) is 17.7 Å². The van der Waals surface area contributed by atoms with Crippen LogP contribution >= 0.6 is 0 Å². The zero-order valence-corrected chi connectivity index (χ0v) is 17.5. The molecule has 33 heavy (non-hydrogen) atoms. The molecule has 0 amide bonds. The number of halogens is 4. The molecule has 0 saturated carbocycles. The normalized spacial score (nSPS) is 21.5. The topological polar surface area (TPSA) is 133 Å². The van der Waals surface area contributed by atoms with Gasteiger partial charge in [0.2, 0.25) is 5.88 Å². The summed E-state index contributed by atoms with van der Waals surface area (Å²) in [5, 5.41) is 28.4. The first kappa shape index (κ1) is 24.6. The van der Waals surface area contributed by atoms with Gasteiger partial charge in [-0.15, -0.1) is 13.2 Å². The van der Waals surface area contributed by atoms with E-state index in [1.807, 2.05) is 0 Å². The number of benzene rings is 1. The number of ether oxygens (including phenoxy) is 2. The largest absolute Gasteiger partial charge is 0.574 e. The predicted octanol–water partition coefficient (Wildman–Crippen LogP) is 1.41. The van der Waals surface area contributed by atoms with E-state index in [0.717, 1.165) is 28.6 Å². The van der Waals surface area contributed by atoms with Gasteiger partial charge in [-0.05, 0) is 18.2 Å². The second-order valence-corrected chi connectivity index (χ2v) is 9.07. The second kappa shape index (κ2) is 9.10. The third-order valence-electron chi connectivity index (χ3n) is 4.94. The fraction of sp³-hybridized carbons (Fsp3) is 0.368. The van der Waals surface area contributed by atoms with Crippen LogP contribution in [0.4, 0.5) is 17.6 Å². The molecule has 1 aromatic carbocycles. The summed E-state index contributed by atoms with van der Waals surface area (Å²) in [6, 6.07) is 7.86. The molecule has 0 bridgehead atoms. The van der Waals surface area contributed by atoms with Crippen molar-refractivity contribution < 1.29 is 45.7 Å². The van der Waals surface area contributed by atoms with Gasteiger partial charge >= 0.3 is 6.36 Å². The highest BCUT2D eigenvalue weighted by Crippen LogP contribution is 2.33. The quantitative estimate of drug-likeness (QED) is 0.556. The average molecular weight is 491 g/mol. The van der Waals surface area contributed by atoms with Gasteiger partial charge in [0.25, 0.3) is 10.0 Å². The minimum Gasteiger partial charge on any atom is -0.493 e. The monoisotopic (exact) mass is 491 g/mol. The Morgan fingerprint density at radius 2 is 2.03 bits per heavy atom. The van der Waals surface area contributed by atoms with Gasteiger partial charge in [-0.3, -0.25) is 0 Å². The molecule has 178 valence electrons. The first-order chi connectivity index (χ1) is 15.4.